The van der Waals surface area contributed by atoms with E-state index in [1.165, 1.54) is 19.3 Å². The Hall–Kier alpha value is -0.410. The topological polar surface area (TPSA) is 38.3 Å². The quantitative estimate of drug-likeness (QED) is 0.437. The number of hydrogen-bond acceptors (Lipinski definition) is 3. The summed E-state index contributed by atoms with van der Waals surface area (Å²) in [7, 11) is 1.61. The van der Waals surface area contributed by atoms with Gasteiger partial charge in [-0.15, -0.1) is 0 Å². The summed E-state index contributed by atoms with van der Waals surface area (Å²) in [5, 5.41) is 3.14. The fraction of sp³-hybridized carbons (Fsp3) is 0.900. The van der Waals surface area contributed by atoms with Crippen molar-refractivity contribution in [2.45, 2.75) is 38.6 Å². The summed E-state index contributed by atoms with van der Waals surface area (Å²) in [5.74, 6) is 0. The van der Waals surface area contributed by atoms with Crippen LogP contribution in [0.1, 0.15) is 32.6 Å². The third kappa shape index (κ3) is 7.94. The minimum absolute atomic E-state index is 0.133. The highest BCUT2D eigenvalue weighted by molar-refractivity contribution is 5.57. The zero-order chi connectivity index (χ0) is 9.94. The van der Waals surface area contributed by atoms with Crippen molar-refractivity contribution in [3.8, 4) is 0 Å². The van der Waals surface area contributed by atoms with E-state index in [0.717, 1.165) is 19.3 Å². The lowest BCUT2D eigenvalue weighted by Gasteiger charge is -2.10. The minimum Gasteiger partial charge on any atom is -0.383 e. The Kier molecular flexibility index (Phi) is 9.37. The molecule has 1 atom stereocenters. The Morgan fingerprint density at radius 3 is 2.69 bits per heavy atom. The first-order chi connectivity index (χ1) is 6.35. The lowest BCUT2D eigenvalue weighted by Crippen LogP contribution is -2.35. The number of ether oxygens (including phenoxy) is 1. The molecule has 0 heterocycles. The molecule has 78 valence electrons. The molecule has 0 aliphatic carbocycles. The van der Waals surface area contributed by atoms with Crippen LogP contribution in [0.4, 0.5) is 0 Å². The Balaban J connectivity index is 3.22. The van der Waals surface area contributed by atoms with Crippen LogP contribution in [0.3, 0.4) is 0 Å². The molecular weight excluding hydrogens is 166 g/mol. The zero-order valence-corrected chi connectivity index (χ0v) is 8.71. The molecule has 0 aromatic heterocycles. The number of carbonyl (C=O) groups is 1. The molecule has 0 aromatic carbocycles. The van der Waals surface area contributed by atoms with Gasteiger partial charge in [-0.1, -0.05) is 26.2 Å². The van der Waals surface area contributed by atoms with Crippen LogP contribution >= 0.6 is 0 Å². The lowest BCUT2D eigenvalue weighted by molar-refractivity contribution is -0.110. The van der Waals surface area contributed by atoms with Crippen molar-refractivity contribution in [2.24, 2.45) is 0 Å². The number of methoxy groups -OCH3 is 1. The minimum atomic E-state index is -0.133. The van der Waals surface area contributed by atoms with Gasteiger partial charge in [-0.2, -0.15) is 0 Å². The second-order valence-corrected chi connectivity index (χ2v) is 3.21. The van der Waals surface area contributed by atoms with Gasteiger partial charge in [0.05, 0.1) is 12.6 Å². The fourth-order valence-electron chi connectivity index (χ4n) is 1.17. The van der Waals surface area contributed by atoms with Crippen LogP contribution in [0.5, 0.6) is 0 Å². The summed E-state index contributed by atoms with van der Waals surface area (Å²) in [4.78, 5) is 10.5. The number of nitrogens with one attached hydrogen (secondary N) is 1. The molecule has 0 aliphatic rings. The van der Waals surface area contributed by atoms with Gasteiger partial charge in [-0.3, -0.25) is 0 Å². The van der Waals surface area contributed by atoms with Crippen LogP contribution < -0.4 is 5.32 Å². The average molecular weight is 187 g/mol. The predicted molar refractivity (Wildman–Crippen MR) is 53.9 cm³/mol. The summed E-state index contributed by atoms with van der Waals surface area (Å²) < 4.78 is 4.88. The SMILES string of the molecule is CCCCCCNC(C=O)COC. The van der Waals surface area contributed by atoms with Gasteiger partial charge in [-0.25, -0.2) is 0 Å². The summed E-state index contributed by atoms with van der Waals surface area (Å²) in [6.07, 6.45) is 5.81. The summed E-state index contributed by atoms with van der Waals surface area (Å²) in [5.41, 5.74) is 0. The molecule has 13 heavy (non-hydrogen) atoms. The molecule has 1 unspecified atom stereocenters. The molecular formula is C10H21NO2. The van der Waals surface area contributed by atoms with Gasteiger partial charge in [0.1, 0.15) is 6.29 Å². The van der Waals surface area contributed by atoms with E-state index < -0.39 is 0 Å². The molecule has 3 heteroatoms. The molecule has 0 spiro atoms. The number of unbranched alkanes of at least 4 members (excludes halogenated alkanes) is 3. The van der Waals surface area contributed by atoms with Crippen molar-refractivity contribution < 1.29 is 9.53 Å². The van der Waals surface area contributed by atoms with Gasteiger partial charge in [0.25, 0.3) is 0 Å². The maximum Gasteiger partial charge on any atom is 0.139 e. The third-order valence-electron chi connectivity index (χ3n) is 1.95. The first-order valence-corrected chi connectivity index (χ1v) is 5.02. The largest absolute Gasteiger partial charge is 0.383 e. The van der Waals surface area contributed by atoms with E-state index in [-0.39, 0.29) is 6.04 Å². The first kappa shape index (κ1) is 12.6. The average Bonchev–Trinajstić information content (AvgIpc) is 2.16. The molecule has 1 N–H and O–H groups in total. The molecule has 3 nitrogen and oxygen atoms in total. The maximum absolute atomic E-state index is 10.5. The van der Waals surface area contributed by atoms with Gasteiger partial charge in [0.2, 0.25) is 0 Å². The van der Waals surface area contributed by atoms with Crippen molar-refractivity contribution in [3.63, 3.8) is 0 Å². The Bertz CT molecular complexity index is 117. The Morgan fingerprint density at radius 1 is 1.38 bits per heavy atom. The number of hydrogen-bond donors (Lipinski definition) is 1. The van der Waals surface area contributed by atoms with E-state index in [2.05, 4.69) is 12.2 Å². The zero-order valence-electron chi connectivity index (χ0n) is 8.71. The van der Waals surface area contributed by atoms with E-state index >= 15 is 0 Å². The van der Waals surface area contributed by atoms with Gasteiger partial charge in [0, 0.05) is 7.11 Å². The molecule has 0 saturated heterocycles. The van der Waals surface area contributed by atoms with Crippen LogP contribution in [0.2, 0.25) is 0 Å². The van der Waals surface area contributed by atoms with Crippen LogP contribution in [-0.2, 0) is 9.53 Å². The van der Waals surface area contributed by atoms with Gasteiger partial charge in [0.15, 0.2) is 0 Å². The molecule has 0 radical (unpaired) electrons. The monoisotopic (exact) mass is 187 g/mol. The molecule has 0 fully saturated rings. The first-order valence-electron chi connectivity index (χ1n) is 5.02. The molecule has 0 aliphatic heterocycles. The van der Waals surface area contributed by atoms with Crippen LogP contribution in [0, 0.1) is 0 Å². The van der Waals surface area contributed by atoms with Gasteiger partial charge < -0.3 is 14.8 Å². The number of rotatable bonds is 9. The summed E-state index contributed by atoms with van der Waals surface area (Å²) in [6, 6.07) is -0.133. The highest BCUT2D eigenvalue weighted by Gasteiger charge is 2.03. The second kappa shape index (κ2) is 9.68. The van der Waals surface area contributed by atoms with E-state index in [1.54, 1.807) is 7.11 Å². The van der Waals surface area contributed by atoms with Crippen LogP contribution in [0.25, 0.3) is 0 Å². The van der Waals surface area contributed by atoms with Crippen molar-refractivity contribution >= 4 is 6.29 Å². The molecule has 0 amide bonds. The van der Waals surface area contributed by atoms with Gasteiger partial charge in [-0.05, 0) is 13.0 Å². The smallest absolute Gasteiger partial charge is 0.139 e. The van der Waals surface area contributed by atoms with Crippen molar-refractivity contribution in [2.75, 3.05) is 20.3 Å². The van der Waals surface area contributed by atoms with Crippen LogP contribution in [0.15, 0.2) is 0 Å². The van der Waals surface area contributed by atoms with E-state index in [1.807, 2.05) is 0 Å². The highest BCUT2D eigenvalue weighted by atomic mass is 16.5. The van der Waals surface area contributed by atoms with E-state index in [4.69, 9.17) is 4.74 Å². The van der Waals surface area contributed by atoms with Crippen molar-refractivity contribution in [1.82, 2.24) is 5.32 Å². The normalized spacial score (nSPS) is 12.8. The van der Waals surface area contributed by atoms with E-state index in [0.29, 0.717) is 6.61 Å². The molecule has 0 bridgehead atoms. The molecule has 0 rings (SSSR count). The maximum atomic E-state index is 10.5. The Labute approximate surface area is 80.8 Å². The van der Waals surface area contributed by atoms with E-state index in [9.17, 15) is 4.79 Å². The van der Waals surface area contributed by atoms with Crippen molar-refractivity contribution in [3.05, 3.63) is 0 Å². The second-order valence-electron chi connectivity index (χ2n) is 3.21. The van der Waals surface area contributed by atoms with Gasteiger partial charge >= 0.3 is 0 Å². The highest BCUT2D eigenvalue weighted by Crippen LogP contribution is 1.97. The predicted octanol–water partition coefficient (Wildman–Crippen LogP) is 1.37. The number of aldehydes is 1. The van der Waals surface area contributed by atoms with Crippen LogP contribution in [-0.4, -0.2) is 32.6 Å². The lowest BCUT2D eigenvalue weighted by atomic mass is 10.2. The number of carbonyl (C=O) groups excluding carboxylic acids is 1. The summed E-state index contributed by atoms with van der Waals surface area (Å²) >= 11 is 0. The Morgan fingerprint density at radius 2 is 2.15 bits per heavy atom. The van der Waals surface area contributed by atoms with Crippen molar-refractivity contribution in [1.29, 1.82) is 0 Å². The molecule has 0 aromatic rings. The fourth-order valence-corrected chi connectivity index (χ4v) is 1.17. The standard InChI is InChI=1S/C10H21NO2/c1-3-4-5-6-7-11-10(8-12)9-13-2/h8,10-11H,3-7,9H2,1-2H3. The summed E-state index contributed by atoms with van der Waals surface area (Å²) in [6.45, 7) is 3.57. The third-order valence-corrected chi connectivity index (χ3v) is 1.95. The molecule has 0 saturated carbocycles.